The van der Waals surface area contributed by atoms with Crippen LogP contribution in [0, 0.1) is 18.8 Å². The number of hydrogen-bond acceptors (Lipinski definition) is 6. The van der Waals surface area contributed by atoms with Gasteiger partial charge in [0.15, 0.2) is 0 Å². The van der Waals surface area contributed by atoms with Crippen molar-refractivity contribution >= 4 is 34.8 Å². The Morgan fingerprint density at radius 1 is 1.06 bits per heavy atom. The van der Waals surface area contributed by atoms with Gasteiger partial charge in [-0.25, -0.2) is 4.98 Å². The van der Waals surface area contributed by atoms with Crippen LogP contribution in [0.5, 0.6) is 0 Å². The minimum atomic E-state index is 0.100. The van der Waals surface area contributed by atoms with Crippen molar-refractivity contribution in [3.8, 4) is 0 Å². The quantitative estimate of drug-likeness (QED) is 0.577. The third kappa shape index (κ3) is 5.41. The summed E-state index contributed by atoms with van der Waals surface area (Å²) in [5.74, 6) is 2.81. The van der Waals surface area contributed by atoms with E-state index in [-0.39, 0.29) is 5.91 Å². The number of nitrogens with zero attached hydrogens (tertiary/aromatic N) is 5. The smallest absolute Gasteiger partial charge is 0.257 e. The Morgan fingerprint density at radius 2 is 1.76 bits per heavy atom. The van der Waals surface area contributed by atoms with E-state index in [9.17, 15) is 4.79 Å². The molecule has 34 heavy (non-hydrogen) atoms. The number of aromatic nitrogens is 1. The van der Waals surface area contributed by atoms with E-state index >= 15 is 0 Å². The van der Waals surface area contributed by atoms with Gasteiger partial charge in [0.05, 0.1) is 5.56 Å². The van der Waals surface area contributed by atoms with Gasteiger partial charge in [0.2, 0.25) is 0 Å². The SMILES string of the molecule is Cc1ccc(NCCCN2CC3CN(C(=O)c4ccc(N(C)C)nc4N(C)C)CC3C2)cc1Cl. The van der Waals surface area contributed by atoms with Crippen LogP contribution < -0.4 is 15.1 Å². The number of rotatable bonds is 8. The van der Waals surface area contributed by atoms with E-state index in [0.29, 0.717) is 17.4 Å². The van der Waals surface area contributed by atoms with Gasteiger partial charge in [-0.3, -0.25) is 4.79 Å². The summed E-state index contributed by atoms with van der Waals surface area (Å²) in [6, 6.07) is 9.98. The van der Waals surface area contributed by atoms with E-state index in [1.807, 2.05) is 74.1 Å². The van der Waals surface area contributed by atoms with Gasteiger partial charge in [-0.2, -0.15) is 0 Å². The molecule has 1 amide bonds. The van der Waals surface area contributed by atoms with Gasteiger partial charge in [-0.1, -0.05) is 17.7 Å². The number of carbonyl (C=O) groups is 1. The largest absolute Gasteiger partial charge is 0.385 e. The lowest BCUT2D eigenvalue weighted by Gasteiger charge is -2.24. The summed E-state index contributed by atoms with van der Waals surface area (Å²) in [5.41, 5.74) is 2.87. The lowest BCUT2D eigenvalue weighted by atomic mass is 10.0. The highest BCUT2D eigenvalue weighted by Crippen LogP contribution is 2.33. The number of carbonyl (C=O) groups excluding carboxylic acids is 1. The van der Waals surface area contributed by atoms with Gasteiger partial charge in [0, 0.05) is 71.6 Å². The number of amides is 1. The zero-order valence-corrected chi connectivity index (χ0v) is 21.8. The molecular formula is C26H37ClN6O. The van der Waals surface area contributed by atoms with Gasteiger partial charge < -0.3 is 24.9 Å². The fourth-order valence-corrected chi connectivity index (χ4v) is 5.22. The molecule has 2 aromatic rings. The van der Waals surface area contributed by atoms with Crippen molar-refractivity contribution in [1.82, 2.24) is 14.8 Å². The predicted molar refractivity (Wildman–Crippen MR) is 142 cm³/mol. The number of pyridine rings is 1. The predicted octanol–water partition coefficient (Wildman–Crippen LogP) is 3.68. The van der Waals surface area contributed by atoms with Gasteiger partial charge in [0.1, 0.15) is 11.6 Å². The summed E-state index contributed by atoms with van der Waals surface area (Å²) in [6.45, 7) is 7.84. The Kier molecular flexibility index (Phi) is 7.53. The number of anilines is 3. The Morgan fingerprint density at radius 3 is 2.38 bits per heavy atom. The maximum Gasteiger partial charge on any atom is 0.257 e. The second kappa shape index (κ2) is 10.4. The van der Waals surface area contributed by atoms with Crippen molar-refractivity contribution in [1.29, 1.82) is 0 Å². The first-order chi connectivity index (χ1) is 16.2. The second-order valence-electron chi connectivity index (χ2n) is 10.1. The Hall–Kier alpha value is -2.51. The molecule has 0 radical (unpaired) electrons. The molecule has 4 rings (SSSR count). The first kappa shape index (κ1) is 24.6. The van der Waals surface area contributed by atoms with E-state index in [1.165, 1.54) is 0 Å². The molecule has 1 N–H and O–H groups in total. The minimum Gasteiger partial charge on any atom is -0.385 e. The van der Waals surface area contributed by atoms with Crippen molar-refractivity contribution in [3.05, 3.63) is 46.5 Å². The van der Waals surface area contributed by atoms with Crippen molar-refractivity contribution < 1.29 is 4.79 Å². The highest BCUT2D eigenvalue weighted by molar-refractivity contribution is 6.31. The van der Waals surface area contributed by atoms with E-state index in [1.54, 1.807) is 0 Å². The molecule has 2 aliphatic rings. The molecule has 0 bridgehead atoms. The lowest BCUT2D eigenvalue weighted by Crippen LogP contribution is -2.34. The first-order valence-electron chi connectivity index (χ1n) is 12.1. The molecule has 3 heterocycles. The average molecular weight is 485 g/mol. The van der Waals surface area contributed by atoms with Crippen LogP contribution in [-0.2, 0) is 0 Å². The Balaban J connectivity index is 1.27. The van der Waals surface area contributed by atoms with Gasteiger partial charge in [-0.05, 0) is 61.6 Å². The van der Waals surface area contributed by atoms with Crippen molar-refractivity contribution in [2.24, 2.45) is 11.8 Å². The third-order valence-electron chi connectivity index (χ3n) is 6.97. The van der Waals surface area contributed by atoms with E-state index in [4.69, 9.17) is 16.6 Å². The Bertz CT molecular complexity index is 1010. The highest BCUT2D eigenvalue weighted by atomic mass is 35.5. The Labute approximate surface area is 208 Å². The standard InChI is InChI=1S/C26H37ClN6O/c1-18-7-8-21(13-23(18)27)28-11-6-12-32-14-19-16-33(17-20(19)15-32)26(34)22-9-10-24(30(2)3)29-25(22)31(4)5/h7-10,13,19-20,28H,6,11-12,14-17H2,1-5H3. The molecule has 2 unspecified atom stereocenters. The van der Waals surface area contributed by atoms with Crippen LogP contribution in [0.4, 0.5) is 17.3 Å². The average Bonchev–Trinajstić information content (AvgIpc) is 3.37. The molecule has 184 valence electrons. The van der Waals surface area contributed by atoms with E-state index in [2.05, 4.69) is 16.3 Å². The molecule has 0 aliphatic carbocycles. The van der Waals surface area contributed by atoms with Crippen LogP contribution in [-0.4, -0.2) is 88.2 Å². The summed E-state index contributed by atoms with van der Waals surface area (Å²) < 4.78 is 0. The molecule has 7 nitrogen and oxygen atoms in total. The highest BCUT2D eigenvalue weighted by Gasteiger charge is 2.41. The molecule has 2 fully saturated rings. The monoisotopic (exact) mass is 484 g/mol. The minimum absolute atomic E-state index is 0.100. The first-order valence-corrected chi connectivity index (χ1v) is 12.5. The number of likely N-dealkylation sites (tertiary alicyclic amines) is 2. The maximum absolute atomic E-state index is 13.4. The number of fused-ring (bicyclic) bond motifs is 1. The molecule has 2 saturated heterocycles. The van der Waals surface area contributed by atoms with Crippen LogP contribution in [0.25, 0.3) is 0 Å². The van der Waals surface area contributed by atoms with Crippen LogP contribution in [0.1, 0.15) is 22.3 Å². The summed E-state index contributed by atoms with van der Waals surface area (Å²) in [4.78, 5) is 26.6. The van der Waals surface area contributed by atoms with Crippen LogP contribution in [0.15, 0.2) is 30.3 Å². The van der Waals surface area contributed by atoms with Gasteiger partial charge >= 0.3 is 0 Å². The van der Waals surface area contributed by atoms with E-state index in [0.717, 1.165) is 73.6 Å². The van der Waals surface area contributed by atoms with Gasteiger partial charge in [-0.15, -0.1) is 0 Å². The zero-order valence-electron chi connectivity index (χ0n) is 21.0. The van der Waals surface area contributed by atoms with Crippen molar-refractivity contribution in [3.63, 3.8) is 0 Å². The number of benzene rings is 1. The topological polar surface area (TPSA) is 55.0 Å². The fourth-order valence-electron chi connectivity index (χ4n) is 5.04. The molecule has 0 spiro atoms. The normalized spacial score (nSPS) is 19.9. The summed E-state index contributed by atoms with van der Waals surface area (Å²) in [6.07, 6.45) is 1.09. The van der Waals surface area contributed by atoms with Crippen LogP contribution in [0.2, 0.25) is 5.02 Å². The third-order valence-corrected chi connectivity index (χ3v) is 7.38. The van der Waals surface area contributed by atoms with E-state index < -0.39 is 0 Å². The zero-order chi connectivity index (χ0) is 24.4. The molecular weight excluding hydrogens is 448 g/mol. The summed E-state index contributed by atoms with van der Waals surface area (Å²) in [7, 11) is 7.81. The van der Waals surface area contributed by atoms with Gasteiger partial charge in [0.25, 0.3) is 5.91 Å². The molecule has 2 aliphatic heterocycles. The number of aryl methyl sites for hydroxylation is 1. The fraction of sp³-hybridized carbons (Fsp3) is 0.538. The molecule has 8 heteroatoms. The van der Waals surface area contributed by atoms with Crippen molar-refractivity contribution in [2.75, 3.05) is 82.6 Å². The van der Waals surface area contributed by atoms with Crippen LogP contribution >= 0.6 is 11.6 Å². The summed E-state index contributed by atoms with van der Waals surface area (Å²) >= 11 is 6.22. The second-order valence-corrected chi connectivity index (χ2v) is 10.5. The molecule has 1 aromatic carbocycles. The summed E-state index contributed by atoms with van der Waals surface area (Å²) in [5, 5.41) is 4.28. The number of halogens is 1. The molecule has 1 aromatic heterocycles. The number of hydrogen-bond donors (Lipinski definition) is 1. The van der Waals surface area contributed by atoms with Crippen LogP contribution in [0.3, 0.4) is 0 Å². The molecule has 0 saturated carbocycles. The maximum atomic E-state index is 13.4. The van der Waals surface area contributed by atoms with Crippen molar-refractivity contribution in [2.45, 2.75) is 13.3 Å². The number of nitrogens with one attached hydrogen (secondary N) is 1. The molecule has 2 atom stereocenters. The lowest BCUT2D eigenvalue weighted by molar-refractivity contribution is 0.0774.